The molecule has 1 rings (SSSR count). The van der Waals surface area contributed by atoms with Gasteiger partial charge in [0.15, 0.2) is 5.75 Å². The molecule has 0 spiro atoms. The fraction of sp³-hybridized carbons (Fsp3) is 0.300. The van der Waals surface area contributed by atoms with E-state index >= 15 is 0 Å². The van der Waals surface area contributed by atoms with Gasteiger partial charge in [0.1, 0.15) is 0 Å². The van der Waals surface area contributed by atoms with Gasteiger partial charge in [0.2, 0.25) is 0 Å². The summed E-state index contributed by atoms with van der Waals surface area (Å²) in [4.78, 5) is 11.4. The molecule has 0 saturated heterocycles. The van der Waals surface area contributed by atoms with Crippen LogP contribution in [0.15, 0.2) is 25.6 Å². The van der Waals surface area contributed by atoms with Gasteiger partial charge >= 0.3 is 5.97 Å². The number of hydrogen-bond donors (Lipinski definition) is 1. The van der Waals surface area contributed by atoms with E-state index in [2.05, 4.69) is 47.8 Å². The highest BCUT2D eigenvalue weighted by molar-refractivity contribution is 9.11. The number of aliphatic hydroxyl groups is 1. The molecule has 0 saturated carbocycles. The minimum atomic E-state index is -0.363. The van der Waals surface area contributed by atoms with Crippen molar-refractivity contribution in [3.8, 4) is 5.75 Å². The molecule has 0 bridgehead atoms. The van der Waals surface area contributed by atoms with Crippen LogP contribution in [0, 0.1) is 0 Å². The Balaban J connectivity index is 2.77. The molecule has 1 aromatic rings. The number of esters is 1. The number of aliphatic hydroxyl groups excluding tert-OH is 1. The first-order valence-corrected chi connectivity index (χ1v) is 6.88. The Bertz CT molecular complexity index is 370. The molecule has 0 aromatic heterocycles. The van der Waals surface area contributed by atoms with E-state index in [1.807, 2.05) is 0 Å². The summed E-state index contributed by atoms with van der Waals surface area (Å²) < 4.78 is 7.42. The summed E-state index contributed by atoms with van der Waals surface area (Å²) in [5, 5.41) is 8.59. The molecule has 0 unspecified atom stereocenters. The fourth-order valence-corrected chi connectivity index (χ4v) is 3.44. The van der Waals surface area contributed by atoms with Gasteiger partial charge in [-0.25, -0.2) is 0 Å². The molecule has 0 fully saturated rings. The quantitative estimate of drug-likeness (QED) is 0.602. The average molecular weight is 417 g/mol. The topological polar surface area (TPSA) is 46.5 Å². The highest BCUT2D eigenvalue weighted by Gasteiger charge is 2.12. The van der Waals surface area contributed by atoms with Crippen LogP contribution >= 0.6 is 47.8 Å². The minimum Gasteiger partial charge on any atom is -0.424 e. The largest absolute Gasteiger partial charge is 0.424 e. The lowest BCUT2D eigenvalue weighted by molar-refractivity contribution is -0.134. The highest BCUT2D eigenvalue weighted by atomic mass is 79.9. The lowest BCUT2D eigenvalue weighted by Gasteiger charge is -2.08. The Morgan fingerprint density at radius 3 is 2.31 bits per heavy atom. The Labute approximate surface area is 119 Å². The summed E-state index contributed by atoms with van der Waals surface area (Å²) in [7, 11) is 0. The van der Waals surface area contributed by atoms with Gasteiger partial charge in [0.25, 0.3) is 0 Å². The fourth-order valence-electron chi connectivity index (χ4n) is 1.01. The van der Waals surface area contributed by atoms with Gasteiger partial charge in [0.05, 0.1) is 8.95 Å². The van der Waals surface area contributed by atoms with Crippen LogP contribution in [0.25, 0.3) is 0 Å². The Hall–Kier alpha value is 0.0900. The number of ether oxygens (including phenoxy) is 1. The number of rotatable bonds is 4. The standard InChI is InChI=1S/C10H9Br3O3/c11-6-4-7(12)10(8(13)5-6)16-9(15)2-1-3-14/h4-5,14H,1-3H2. The number of benzene rings is 1. The van der Waals surface area contributed by atoms with E-state index in [9.17, 15) is 4.79 Å². The van der Waals surface area contributed by atoms with Crippen LogP contribution in [-0.2, 0) is 4.79 Å². The molecular weight excluding hydrogens is 408 g/mol. The van der Waals surface area contributed by atoms with Gasteiger partial charge in [-0.1, -0.05) is 15.9 Å². The van der Waals surface area contributed by atoms with Gasteiger partial charge in [-0.05, 0) is 50.4 Å². The lowest BCUT2D eigenvalue weighted by atomic mass is 10.3. The van der Waals surface area contributed by atoms with Gasteiger partial charge < -0.3 is 9.84 Å². The van der Waals surface area contributed by atoms with Crippen LogP contribution < -0.4 is 4.74 Å². The maximum atomic E-state index is 11.4. The molecule has 0 aliphatic carbocycles. The first kappa shape index (κ1) is 14.2. The zero-order chi connectivity index (χ0) is 12.1. The summed E-state index contributed by atoms with van der Waals surface area (Å²) in [5.74, 6) is 0.0870. The maximum absolute atomic E-state index is 11.4. The molecule has 0 amide bonds. The summed E-state index contributed by atoms with van der Waals surface area (Å²) in [6.07, 6.45) is 0.607. The molecule has 16 heavy (non-hydrogen) atoms. The van der Waals surface area contributed by atoms with E-state index in [0.717, 1.165) is 4.47 Å². The van der Waals surface area contributed by atoms with Crippen LogP contribution in [-0.4, -0.2) is 17.7 Å². The van der Waals surface area contributed by atoms with E-state index in [1.54, 1.807) is 12.1 Å². The Morgan fingerprint density at radius 1 is 1.25 bits per heavy atom. The number of carbonyl (C=O) groups is 1. The zero-order valence-corrected chi connectivity index (χ0v) is 12.9. The first-order valence-electron chi connectivity index (χ1n) is 4.50. The smallest absolute Gasteiger partial charge is 0.311 e. The molecule has 0 aliphatic rings. The number of hydrogen-bond acceptors (Lipinski definition) is 3. The van der Waals surface area contributed by atoms with E-state index in [0.29, 0.717) is 21.1 Å². The van der Waals surface area contributed by atoms with Crippen molar-refractivity contribution in [2.24, 2.45) is 0 Å². The Morgan fingerprint density at radius 2 is 1.81 bits per heavy atom. The van der Waals surface area contributed by atoms with Crippen molar-refractivity contribution in [2.75, 3.05) is 6.61 Å². The van der Waals surface area contributed by atoms with Crippen molar-refractivity contribution >= 4 is 53.8 Å². The second-order valence-electron chi connectivity index (χ2n) is 3.00. The molecule has 0 atom stereocenters. The number of halogens is 3. The van der Waals surface area contributed by atoms with Gasteiger partial charge in [0, 0.05) is 17.5 Å². The number of carbonyl (C=O) groups excluding carboxylic acids is 1. The second kappa shape index (κ2) is 6.74. The third-order valence-electron chi connectivity index (χ3n) is 1.72. The van der Waals surface area contributed by atoms with Crippen molar-refractivity contribution < 1.29 is 14.6 Å². The monoisotopic (exact) mass is 414 g/mol. The highest BCUT2D eigenvalue weighted by Crippen LogP contribution is 2.36. The molecule has 1 aromatic carbocycles. The van der Waals surface area contributed by atoms with Crippen LogP contribution in [0.4, 0.5) is 0 Å². The summed E-state index contributed by atoms with van der Waals surface area (Å²) >= 11 is 9.94. The molecule has 6 heteroatoms. The normalized spacial score (nSPS) is 10.2. The summed E-state index contributed by atoms with van der Waals surface area (Å²) in [5.41, 5.74) is 0. The van der Waals surface area contributed by atoms with Crippen molar-refractivity contribution in [3.63, 3.8) is 0 Å². The molecule has 1 N–H and O–H groups in total. The van der Waals surface area contributed by atoms with Crippen LogP contribution in [0.1, 0.15) is 12.8 Å². The zero-order valence-electron chi connectivity index (χ0n) is 8.17. The molecular formula is C10H9Br3O3. The summed E-state index contributed by atoms with van der Waals surface area (Å²) in [6.45, 7) is -0.0161. The predicted octanol–water partition coefficient (Wildman–Crippen LogP) is 3.65. The van der Waals surface area contributed by atoms with Crippen LogP contribution in [0.3, 0.4) is 0 Å². The predicted molar refractivity (Wildman–Crippen MR) is 71.5 cm³/mol. The summed E-state index contributed by atoms with van der Waals surface area (Å²) in [6, 6.07) is 3.58. The third kappa shape index (κ3) is 4.16. The third-order valence-corrected chi connectivity index (χ3v) is 3.35. The van der Waals surface area contributed by atoms with Gasteiger partial charge in [-0.2, -0.15) is 0 Å². The van der Waals surface area contributed by atoms with Crippen molar-refractivity contribution in [1.82, 2.24) is 0 Å². The van der Waals surface area contributed by atoms with E-state index in [1.165, 1.54) is 0 Å². The molecule has 0 radical (unpaired) electrons. The van der Waals surface area contributed by atoms with Gasteiger partial charge in [-0.3, -0.25) is 4.79 Å². The Kier molecular flexibility index (Phi) is 5.96. The van der Waals surface area contributed by atoms with Crippen LogP contribution in [0.2, 0.25) is 0 Å². The van der Waals surface area contributed by atoms with Crippen LogP contribution in [0.5, 0.6) is 5.75 Å². The van der Waals surface area contributed by atoms with E-state index in [-0.39, 0.29) is 19.0 Å². The first-order chi connectivity index (χ1) is 7.54. The molecule has 3 nitrogen and oxygen atoms in total. The average Bonchev–Trinajstić information content (AvgIpc) is 2.20. The molecule has 0 aliphatic heterocycles. The second-order valence-corrected chi connectivity index (χ2v) is 5.62. The van der Waals surface area contributed by atoms with Gasteiger partial charge in [-0.15, -0.1) is 0 Å². The SMILES string of the molecule is O=C(CCCO)Oc1c(Br)cc(Br)cc1Br. The van der Waals surface area contributed by atoms with Crippen molar-refractivity contribution in [1.29, 1.82) is 0 Å². The van der Waals surface area contributed by atoms with Crippen molar-refractivity contribution in [3.05, 3.63) is 25.6 Å². The molecule has 88 valence electrons. The molecule has 0 heterocycles. The maximum Gasteiger partial charge on any atom is 0.311 e. The van der Waals surface area contributed by atoms with Crippen molar-refractivity contribution in [2.45, 2.75) is 12.8 Å². The van der Waals surface area contributed by atoms with E-state index < -0.39 is 0 Å². The minimum absolute atomic E-state index is 0.0161. The van der Waals surface area contributed by atoms with E-state index in [4.69, 9.17) is 9.84 Å². The lowest BCUT2D eigenvalue weighted by Crippen LogP contribution is -2.09.